The van der Waals surface area contributed by atoms with Gasteiger partial charge in [-0.15, -0.1) is 0 Å². The van der Waals surface area contributed by atoms with Crippen LogP contribution in [-0.4, -0.2) is 30.2 Å². The number of rotatable bonds is 7. The van der Waals surface area contributed by atoms with Crippen LogP contribution in [0.25, 0.3) is 23.0 Å². The van der Waals surface area contributed by atoms with Gasteiger partial charge in [-0.05, 0) is 30.3 Å². The minimum atomic E-state index is -2.71. The maximum absolute atomic E-state index is 12.9. The fourth-order valence-electron chi connectivity index (χ4n) is 3.00. The van der Waals surface area contributed by atoms with Gasteiger partial charge in [-0.25, -0.2) is 9.67 Å². The van der Waals surface area contributed by atoms with E-state index < -0.39 is 12.5 Å². The lowest BCUT2D eigenvalue weighted by atomic mass is 10.1. The molecule has 1 amide bonds. The largest absolute Gasteiger partial charge is 0.345 e. The molecule has 0 unspecified atom stereocenters. The molecule has 4 aromatic rings. The van der Waals surface area contributed by atoms with Crippen molar-refractivity contribution >= 4 is 12.0 Å². The van der Waals surface area contributed by atoms with Gasteiger partial charge in [-0.3, -0.25) is 14.3 Å². The number of carbonyl (C=O) groups is 1. The average Bonchev–Trinajstić information content (AvgIpc) is 3.45. The Morgan fingerprint density at radius 3 is 2.71 bits per heavy atom. The van der Waals surface area contributed by atoms with Crippen LogP contribution in [-0.2, 0) is 11.3 Å². The summed E-state index contributed by atoms with van der Waals surface area (Å²) in [6.45, 7) is -2.82. The van der Waals surface area contributed by atoms with E-state index in [1.165, 1.54) is 18.5 Å². The number of aromatic nitrogens is 5. The summed E-state index contributed by atoms with van der Waals surface area (Å²) in [5.41, 5.74) is 3.04. The average molecular weight is 420 g/mol. The monoisotopic (exact) mass is 420 g/mol. The molecular weight excluding hydrogens is 402 g/mol. The third kappa shape index (κ3) is 4.72. The lowest BCUT2D eigenvalue weighted by Gasteiger charge is -2.06. The van der Waals surface area contributed by atoms with E-state index in [-0.39, 0.29) is 12.4 Å². The van der Waals surface area contributed by atoms with Crippen molar-refractivity contribution in [1.82, 2.24) is 29.6 Å². The molecule has 0 radical (unpaired) electrons. The summed E-state index contributed by atoms with van der Waals surface area (Å²) in [6.07, 6.45) is 10.6. The first kappa shape index (κ1) is 20.1. The first-order chi connectivity index (χ1) is 15.1. The van der Waals surface area contributed by atoms with E-state index in [1.807, 2.05) is 48.7 Å². The van der Waals surface area contributed by atoms with Crippen LogP contribution in [0.1, 0.15) is 17.9 Å². The molecule has 0 aliphatic rings. The van der Waals surface area contributed by atoms with Gasteiger partial charge in [0.2, 0.25) is 5.91 Å². The molecule has 1 aromatic carbocycles. The van der Waals surface area contributed by atoms with Gasteiger partial charge >= 0.3 is 6.55 Å². The highest BCUT2D eigenvalue weighted by Gasteiger charge is 2.13. The molecule has 1 N–H and O–H groups in total. The second-order valence-corrected chi connectivity index (χ2v) is 6.53. The zero-order valence-electron chi connectivity index (χ0n) is 16.3. The van der Waals surface area contributed by atoms with Crippen LogP contribution < -0.4 is 5.32 Å². The highest BCUT2D eigenvalue weighted by molar-refractivity contribution is 5.92. The molecule has 156 valence electrons. The molecule has 0 spiro atoms. The van der Waals surface area contributed by atoms with Crippen molar-refractivity contribution in [1.29, 1.82) is 0 Å². The second kappa shape index (κ2) is 9.12. The normalized spacial score (nSPS) is 11.3. The molecule has 0 saturated carbocycles. The van der Waals surface area contributed by atoms with Gasteiger partial charge in [0.05, 0.1) is 12.2 Å². The first-order valence-corrected chi connectivity index (χ1v) is 9.43. The predicted molar refractivity (Wildman–Crippen MR) is 111 cm³/mol. The van der Waals surface area contributed by atoms with Gasteiger partial charge in [0.1, 0.15) is 11.5 Å². The van der Waals surface area contributed by atoms with Gasteiger partial charge in [0.15, 0.2) is 0 Å². The Morgan fingerprint density at radius 2 is 1.97 bits per heavy atom. The molecule has 0 atom stereocenters. The molecule has 0 bridgehead atoms. The molecule has 0 fully saturated rings. The standard InChI is InChI=1S/C22H18F2N6O/c23-22(24)29-12-11-26-19(29)14-27-20(31)9-8-17-15-30(18-6-2-1-3-7-18)28-21(17)16-5-4-10-25-13-16/h1-13,15,22H,14H2,(H,27,31)/b9-8+. The van der Waals surface area contributed by atoms with Gasteiger partial charge in [-0.2, -0.15) is 13.9 Å². The lowest BCUT2D eigenvalue weighted by Crippen LogP contribution is -2.22. The number of nitrogens with zero attached hydrogens (tertiary/aromatic N) is 5. The number of pyridine rings is 1. The van der Waals surface area contributed by atoms with E-state index in [1.54, 1.807) is 23.2 Å². The van der Waals surface area contributed by atoms with Crippen molar-refractivity contribution in [2.45, 2.75) is 13.1 Å². The summed E-state index contributed by atoms with van der Waals surface area (Å²) in [5.74, 6) is -0.363. The van der Waals surface area contributed by atoms with Gasteiger partial charge < -0.3 is 5.32 Å². The van der Waals surface area contributed by atoms with Gasteiger partial charge in [0.25, 0.3) is 0 Å². The van der Waals surface area contributed by atoms with Crippen LogP contribution >= 0.6 is 0 Å². The number of para-hydroxylation sites is 1. The van der Waals surface area contributed by atoms with E-state index in [4.69, 9.17) is 0 Å². The fourth-order valence-corrected chi connectivity index (χ4v) is 3.00. The molecule has 0 aliphatic carbocycles. The molecule has 4 rings (SSSR count). The number of hydrogen-bond donors (Lipinski definition) is 1. The van der Waals surface area contributed by atoms with Crippen molar-refractivity contribution in [2.75, 3.05) is 0 Å². The Hall–Kier alpha value is -4.14. The number of benzene rings is 1. The number of carbonyl (C=O) groups excluding carboxylic acids is 1. The van der Waals surface area contributed by atoms with Crippen molar-refractivity contribution < 1.29 is 13.6 Å². The number of amides is 1. The zero-order chi connectivity index (χ0) is 21.6. The summed E-state index contributed by atoms with van der Waals surface area (Å²) in [5, 5.41) is 7.21. The SMILES string of the molecule is O=C(/C=C/c1cn(-c2ccccc2)nc1-c1cccnc1)NCc1nccn1C(F)F. The van der Waals surface area contributed by atoms with Crippen LogP contribution in [0.2, 0.25) is 0 Å². The number of alkyl halides is 2. The number of hydrogen-bond acceptors (Lipinski definition) is 4. The van der Waals surface area contributed by atoms with E-state index in [0.29, 0.717) is 15.8 Å². The number of imidazole rings is 1. The van der Waals surface area contributed by atoms with E-state index in [2.05, 4.69) is 20.4 Å². The van der Waals surface area contributed by atoms with Gasteiger partial charge in [-0.1, -0.05) is 18.2 Å². The van der Waals surface area contributed by atoms with E-state index in [9.17, 15) is 13.6 Å². The van der Waals surface area contributed by atoms with E-state index in [0.717, 1.165) is 11.3 Å². The second-order valence-electron chi connectivity index (χ2n) is 6.53. The molecule has 9 heteroatoms. The molecule has 3 aromatic heterocycles. The molecule has 7 nitrogen and oxygen atoms in total. The first-order valence-electron chi connectivity index (χ1n) is 9.43. The Bertz CT molecular complexity index is 1190. The summed E-state index contributed by atoms with van der Waals surface area (Å²) in [6, 6.07) is 13.3. The minimum Gasteiger partial charge on any atom is -0.345 e. The van der Waals surface area contributed by atoms with Crippen LogP contribution in [0.15, 0.2) is 79.5 Å². The van der Waals surface area contributed by atoms with Crippen LogP contribution in [0.3, 0.4) is 0 Å². The maximum Gasteiger partial charge on any atom is 0.319 e. The summed E-state index contributed by atoms with van der Waals surface area (Å²) in [4.78, 5) is 20.2. The predicted octanol–water partition coefficient (Wildman–Crippen LogP) is 3.86. The maximum atomic E-state index is 12.9. The third-order valence-corrected chi connectivity index (χ3v) is 4.49. The highest BCUT2D eigenvalue weighted by atomic mass is 19.3. The molecule has 31 heavy (non-hydrogen) atoms. The van der Waals surface area contributed by atoms with Crippen molar-refractivity contribution in [3.63, 3.8) is 0 Å². The quantitative estimate of drug-likeness (QED) is 0.461. The van der Waals surface area contributed by atoms with Crippen LogP contribution in [0.4, 0.5) is 8.78 Å². The Labute approximate surface area is 176 Å². The highest BCUT2D eigenvalue weighted by Crippen LogP contribution is 2.24. The molecule has 0 saturated heterocycles. The van der Waals surface area contributed by atoms with Crippen molar-refractivity contribution in [3.05, 3.63) is 90.9 Å². The number of nitrogens with one attached hydrogen (secondary N) is 1. The van der Waals surface area contributed by atoms with Crippen molar-refractivity contribution in [3.8, 4) is 16.9 Å². The molecule has 3 heterocycles. The summed E-state index contributed by atoms with van der Waals surface area (Å²) in [7, 11) is 0. The lowest BCUT2D eigenvalue weighted by molar-refractivity contribution is -0.116. The Balaban J connectivity index is 1.55. The smallest absolute Gasteiger partial charge is 0.319 e. The molecule has 0 aliphatic heterocycles. The topological polar surface area (TPSA) is 77.6 Å². The summed E-state index contributed by atoms with van der Waals surface area (Å²) >= 11 is 0. The molecular formula is C22H18F2N6O. The Morgan fingerprint density at radius 1 is 1.13 bits per heavy atom. The van der Waals surface area contributed by atoms with Crippen molar-refractivity contribution in [2.24, 2.45) is 0 Å². The fraction of sp³-hybridized carbons (Fsp3) is 0.0909. The van der Waals surface area contributed by atoms with E-state index >= 15 is 0 Å². The zero-order valence-corrected chi connectivity index (χ0v) is 16.3. The minimum absolute atomic E-state index is 0.0738. The third-order valence-electron chi connectivity index (χ3n) is 4.49. The number of halogens is 2. The Kier molecular flexibility index (Phi) is 5.93. The van der Waals surface area contributed by atoms with Crippen LogP contribution in [0, 0.1) is 0 Å². The van der Waals surface area contributed by atoms with Crippen LogP contribution in [0.5, 0.6) is 0 Å². The summed E-state index contributed by atoms with van der Waals surface area (Å²) < 4.78 is 28.2. The van der Waals surface area contributed by atoms with Gasteiger partial charge in [0, 0.05) is 48.2 Å².